The standard InChI is InChI=1S/C5H7N2/c1-2-5-3-6-7-4-5/h2-4H,1H3,(H,6,7)/q-1. The second-order valence-corrected chi connectivity index (χ2v) is 1.32. The minimum Gasteiger partial charge on any atom is -0.351 e. The molecule has 1 rings (SSSR count). The van der Waals surface area contributed by atoms with Crippen LogP contribution in [0.1, 0.15) is 12.5 Å². The van der Waals surface area contributed by atoms with Crippen LogP contribution in [0.3, 0.4) is 0 Å². The molecule has 0 aliphatic heterocycles. The molecule has 0 unspecified atom stereocenters. The lowest BCUT2D eigenvalue weighted by Gasteiger charge is -1.89. The van der Waals surface area contributed by atoms with Crippen LogP contribution in [0.15, 0.2) is 12.4 Å². The van der Waals surface area contributed by atoms with Crippen molar-refractivity contribution in [2.45, 2.75) is 6.92 Å². The van der Waals surface area contributed by atoms with Gasteiger partial charge in [-0.05, 0) is 0 Å². The van der Waals surface area contributed by atoms with Crippen molar-refractivity contribution in [2.24, 2.45) is 0 Å². The van der Waals surface area contributed by atoms with Crippen molar-refractivity contribution in [1.29, 1.82) is 0 Å². The maximum absolute atomic E-state index is 3.74. The number of aromatic nitrogens is 2. The van der Waals surface area contributed by atoms with Crippen molar-refractivity contribution < 1.29 is 0 Å². The number of hydrogen-bond acceptors (Lipinski definition) is 1. The second kappa shape index (κ2) is 1.69. The summed E-state index contributed by atoms with van der Waals surface area (Å²) in [6.45, 7) is 1.98. The number of nitrogens with one attached hydrogen (secondary N) is 1. The molecule has 1 aromatic heterocycles. The fraction of sp³-hybridized carbons (Fsp3) is 0.200. The molecule has 0 saturated heterocycles. The molecule has 2 nitrogen and oxygen atoms in total. The lowest BCUT2D eigenvalue weighted by Crippen LogP contribution is -1.63. The molecule has 2 heteroatoms. The van der Waals surface area contributed by atoms with E-state index in [4.69, 9.17) is 0 Å². The first-order valence-corrected chi connectivity index (χ1v) is 2.21. The van der Waals surface area contributed by atoms with E-state index in [0.29, 0.717) is 0 Å². The van der Waals surface area contributed by atoms with Gasteiger partial charge in [-0.3, -0.25) is 5.10 Å². The van der Waals surface area contributed by atoms with E-state index in [1.54, 1.807) is 6.20 Å². The zero-order valence-electron chi connectivity index (χ0n) is 4.18. The van der Waals surface area contributed by atoms with Crippen molar-refractivity contribution in [3.63, 3.8) is 0 Å². The Morgan fingerprint density at radius 1 is 1.86 bits per heavy atom. The number of H-pyrrole nitrogens is 1. The summed E-state index contributed by atoms with van der Waals surface area (Å²) in [6.07, 6.45) is 5.61. The van der Waals surface area contributed by atoms with Crippen molar-refractivity contribution in [1.82, 2.24) is 10.2 Å². The maximum atomic E-state index is 3.74. The van der Waals surface area contributed by atoms with E-state index in [2.05, 4.69) is 10.2 Å². The van der Waals surface area contributed by atoms with E-state index in [0.717, 1.165) is 5.56 Å². The van der Waals surface area contributed by atoms with E-state index in [1.807, 2.05) is 19.5 Å². The van der Waals surface area contributed by atoms with Gasteiger partial charge in [-0.15, -0.1) is 0 Å². The van der Waals surface area contributed by atoms with Gasteiger partial charge in [-0.25, -0.2) is 0 Å². The third kappa shape index (κ3) is 0.738. The third-order valence-electron chi connectivity index (χ3n) is 0.853. The Kier molecular flexibility index (Phi) is 1.02. The Balaban J connectivity index is 2.76. The van der Waals surface area contributed by atoms with Crippen molar-refractivity contribution in [3.05, 3.63) is 24.4 Å². The maximum Gasteiger partial charge on any atom is -0.0550 e. The minimum atomic E-state index is 1.14. The first-order chi connectivity index (χ1) is 3.43. The molecule has 7 heavy (non-hydrogen) atoms. The molecule has 0 saturated carbocycles. The van der Waals surface area contributed by atoms with Crippen LogP contribution in [0.5, 0.6) is 0 Å². The Bertz CT molecular complexity index is 121. The summed E-state index contributed by atoms with van der Waals surface area (Å²) < 4.78 is 0. The number of aromatic amines is 1. The van der Waals surface area contributed by atoms with Gasteiger partial charge in [-0.2, -0.15) is 12.0 Å². The molecule has 0 atom stereocenters. The second-order valence-electron chi connectivity index (χ2n) is 1.32. The largest absolute Gasteiger partial charge is 0.351 e. The zero-order chi connectivity index (χ0) is 5.11. The number of nitrogens with zero attached hydrogens (tertiary/aromatic N) is 1. The predicted octanol–water partition coefficient (Wildman–Crippen LogP) is 0.982. The van der Waals surface area contributed by atoms with E-state index in [9.17, 15) is 0 Å². The molecule has 0 aliphatic carbocycles. The summed E-state index contributed by atoms with van der Waals surface area (Å²) >= 11 is 0. The fourth-order valence-electron chi connectivity index (χ4n) is 0.419. The molecule has 0 aliphatic rings. The van der Waals surface area contributed by atoms with Crippen LogP contribution in [0.4, 0.5) is 0 Å². The topological polar surface area (TPSA) is 28.7 Å². The van der Waals surface area contributed by atoms with Gasteiger partial charge >= 0.3 is 0 Å². The lowest BCUT2D eigenvalue weighted by atomic mass is 10.3. The quantitative estimate of drug-likeness (QED) is 0.517. The minimum absolute atomic E-state index is 1.14. The van der Waals surface area contributed by atoms with E-state index in [1.165, 1.54) is 0 Å². The Morgan fingerprint density at radius 3 is 3.00 bits per heavy atom. The van der Waals surface area contributed by atoms with Gasteiger partial charge in [-0.1, -0.05) is 19.3 Å². The van der Waals surface area contributed by atoms with Gasteiger partial charge in [0, 0.05) is 0 Å². The molecule has 0 spiro atoms. The van der Waals surface area contributed by atoms with Crippen molar-refractivity contribution in [2.75, 3.05) is 0 Å². The predicted molar refractivity (Wildman–Crippen MR) is 27.7 cm³/mol. The van der Waals surface area contributed by atoms with Crippen LogP contribution in [-0.4, -0.2) is 10.2 Å². The summed E-state index contributed by atoms with van der Waals surface area (Å²) in [5, 5.41) is 6.44. The fourth-order valence-corrected chi connectivity index (χ4v) is 0.419. The number of hydrogen-bond donors (Lipinski definition) is 1. The average Bonchev–Trinajstić information content (AvgIpc) is 2.14. The van der Waals surface area contributed by atoms with E-state index >= 15 is 0 Å². The van der Waals surface area contributed by atoms with Gasteiger partial charge in [0.25, 0.3) is 0 Å². The summed E-state index contributed by atoms with van der Waals surface area (Å²) in [5.41, 5.74) is 1.14. The van der Waals surface area contributed by atoms with Crippen molar-refractivity contribution >= 4 is 0 Å². The molecule has 38 valence electrons. The Labute approximate surface area is 42.6 Å². The van der Waals surface area contributed by atoms with Gasteiger partial charge in [0.05, 0.1) is 0 Å². The van der Waals surface area contributed by atoms with Gasteiger partial charge in [0.15, 0.2) is 0 Å². The highest BCUT2D eigenvalue weighted by atomic mass is 15.1. The van der Waals surface area contributed by atoms with Crippen LogP contribution < -0.4 is 0 Å². The molecular weight excluding hydrogens is 88.1 g/mol. The average molecular weight is 95.1 g/mol. The summed E-state index contributed by atoms with van der Waals surface area (Å²) in [4.78, 5) is 0. The zero-order valence-corrected chi connectivity index (χ0v) is 4.18. The van der Waals surface area contributed by atoms with Gasteiger partial charge in [0.1, 0.15) is 0 Å². The Morgan fingerprint density at radius 2 is 2.71 bits per heavy atom. The SMILES string of the molecule is C[CH-]c1cn[nH]c1. The van der Waals surface area contributed by atoms with Crippen LogP contribution in [0.25, 0.3) is 0 Å². The first-order valence-electron chi connectivity index (χ1n) is 2.21. The summed E-state index contributed by atoms with van der Waals surface area (Å²) in [7, 11) is 0. The molecule has 1 heterocycles. The summed E-state index contributed by atoms with van der Waals surface area (Å²) in [5.74, 6) is 0. The van der Waals surface area contributed by atoms with E-state index in [-0.39, 0.29) is 0 Å². The molecule has 0 amide bonds. The molecule has 1 aromatic rings. The lowest BCUT2D eigenvalue weighted by molar-refractivity contribution is 1.09. The van der Waals surface area contributed by atoms with Crippen LogP contribution >= 0.6 is 0 Å². The molecule has 1 N–H and O–H groups in total. The van der Waals surface area contributed by atoms with Gasteiger partial charge in [0.2, 0.25) is 0 Å². The number of rotatable bonds is 1. The first kappa shape index (κ1) is 4.24. The highest BCUT2D eigenvalue weighted by molar-refractivity contribution is 5.11. The molecule has 0 radical (unpaired) electrons. The monoisotopic (exact) mass is 95.1 g/mol. The highest BCUT2D eigenvalue weighted by Crippen LogP contribution is 1.93. The molecule has 0 aromatic carbocycles. The smallest absolute Gasteiger partial charge is 0.0550 e. The third-order valence-corrected chi connectivity index (χ3v) is 0.853. The molecule has 0 bridgehead atoms. The van der Waals surface area contributed by atoms with Crippen LogP contribution in [0.2, 0.25) is 0 Å². The normalized spacial score (nSPS) is 8.71. The molecular formula is C5H7N2-. The summed E-state index contributed by atoms with van der Waals surface area (Å²) in [6, 6.07) is 0. The van der Waals surface area contributed by atoms with Crippen LogP contribution in [0, 0.1) is 6.42 Å². The van der Waals surface area contributed by atoms with Crippen molar-refractivity contribution in [3.8, 4) is 0 Å². The van der Waals surface area contributed by atoms with E-state index < -0.39 is 0 Å². The molecule has 0 fully saturated rings. The highest BCUT2D eigenvalue weighted by Gasteiger charge is 1.70. The Hall–Kier alpha value is -0.920. The van der Waals surface area contributed by atoms with Crippen LogP contribution in [-0.2, 0) is 0 Å². The van der Waals surface area contributed by atoms with Gasteiger partial charge < -0.3 is 5.10 Å².